The number of thiophene rings is 1. The molecule has 0 saturated heterocycles. The number of carbonyl (C=O) groups excluding carboxylic acids is 1. The Labute approximate surface area is 206 Å². The highest BCUT2D eigenvalue weighted by atomic mass is 32.1. The van der Waals surface area contributed by atoms with Gasteiger partial charge in [-0.3, -0.25) is 4.79 Å². The number of amides is 1. The Balaban J connectivity index is 1.54. The normalized spacial score (nSPS) is 10.9. The van der Waals surface area contributed by atoms with Gasteiger partial charge in [-0.2, -0.15) is 4.98 Å². The number of carbonyl (C=O) groups is 1. The van der Waals surface area contributed by atoms with Crippen molar-refractivity contribution in [2.45, 2.75) is 0 Å². The fourth-order valence-corrected chi connectivity index (χ4v) is 3.82. The summed E-state index contributed by atoms with van der Waals surface area (Å²) in [5, 5.41) is 7.61. The topological polar surface area (TPSA) is 88.6 Å². The molecule has 4 rings (SSSR count). The van der Waals surface area contributed by atoms with E-state index in [1.54, 1.807) is 36.4 Å². The molecule has 0 fully saturated rings. The number of nitrogens with zero attached hydrogens (tertiary/aromatic N) is 3. The van der Waals surface area contributed by atoms with Crippen LogP contribution in [0.3, 0.4) is 0 Å². The molecule has 180 valence electrons. The smallest absolute Gasteiger partial charge is 0.247 e. The lowest BCUT2D eigenvalue weighted by molar-refractivity contribution is -0.111. The summed E-state index contributed by atoms with van der Waals surface area (Å²) in [5.41, 5.74) is 1.71. The molecule has 2 aromatic heterocycles. The minimum absolute atomic E-state index is 0.180. The van der Waals surface area contributed by atoms with Crippen LogP contribution in [0.1, 0.15) is 0 Å². The van der Waals surface area contributed by atoms with E-state index in [2.05, 4.69) is 27.2 Å². The Morgan fingerprint density at radius 1 is 1.17 bits per heavy atom. The fourth-order valence-electron chi connectivity index (χ4n) is 3.07. The highest BCUT2D eigenvalue weighted by molar-refractivity contribution is 7.17. The molecular weight excluding hydrogens is 469 g/mol. The molecule has 35 heavy (non-hydrogen) atoms. The average Bonchev–Trinajstić information content (AvgIpc) is 3.29. The zero-order chi connectivity index (χ0) is 24.8. The molecule has 0 atom stereocenters. The van der Waals surface area contributed by atoms with Gasteiger partial charge in [-0.25, -0.2) is 9.37 Å². The minimum atomic E-state index is -0.486. The number of nitrogens with one attached hydrogen (secondary N) is 2. The van der Waals surface area contributed by atoms with Gasteiger partial charge >= 0.3 is 0 Å². The molecule has 0 aliphatic rings. The van der Waals surface area contributed by atoms with Crippen molar-refractivity contribution >= 4 is 44.8 Å². The molecule has 2 heterocycles. The molecule has 0 aliphatic heterocycles. The van der Waals surface area contributed by atoms with E-state index >= 15 is 0 Å². The lowest BCUT2D eigenvalue weighted by Crippen LogP contribution is -2.19. The van der Waals surface area contributed by atoms with E-state index < -0.39 is 5.82 Å². The van der Waals surface area contributed by atoms with E-state index in [4.69, 9.17) is 9.47 Å². The van der Waals surface area contributed by atoms with Crippen molar-refractivity contribution in [2.75, 3.05) is 37.9 Å². The van der Waals surface area contributed by atoms with E-state index in [9.17, 15) is 9.18 Å². The van der Waals surface area contributed by atoms with Crippen LogP contribution >= 0.6 is 11.3 Å². The number of halogens is 1. The van der Waals surface area contributed by atoms with Crippen LogP contribution in [0, 0.1) is 5.82 Å². The number of hydrogen-bond acceptors (Lipinski definition) is 8. The SMILES string of the molecule is C=CC(=O)Nc1cccc(Oc2nc(Nc3ccc(OCCN(C)C)c(F)c3)nc3ccsc23)c1. The molecule has 0 bridgehead atoms. The van der Waals surface area contributed by atoms with E-state index in [-0.39, 0.29) is 17.6 Å². The zero-order valence-corrected chi connectivity index (χ0v) is 20.1. The van der Waals surface area contributed by atoms with Crippen molar-refractivity contribution < 1.29 is 18.7 Å². The Hall–Kier alpha value is -4.02. The van der Waals surface area contributed by atoms with Gasteiger partial charge in [-0.1, -0.05) is 12.6 Å². The van der Waals surface area contributed by atoms with Crippen molar-refractivity contribution in [1.82, 2.24) is 14.9 Å². The summed E-state index contributed by atoms with van der Waals surface area (Å²) in [7, 11) is 3.85. The molecule has 2 aromatic carbocycles. The van der Waals surface area contributed by atoms with Crippen LogP contribution in [0.5, 0.6) is 17.4 Å². The number of ether oxygens (including phenoxy) is 2. The van der Waals surface area contributed by atoms with Gasteiger partial charge in [0.1, 0.15) is 17.1 Å². The highest BCUT2D eigenvalue weighted by Gasteiger charge is 2.13. The van der Waals surface area contributed by atoms with E-state index in [0.717, 1.165) is 4.70 Å². The number of benzene rings is 2. The van der Waals surface area contributed by atoms with Crippen molar-refractivity contribution in [3.05, 3.63) is 72.4 Å². The number of anilines is 3. The molecule has 1 amide bonds. The predicted molar refractivity (Wildman–Crippen MR) is 136 cm³/mol. The summed E-state index contributed by atoms with van der Waals surface area (Å²) >= 11 is 1.44. The summed E-state index contributed by atoms with van der Waals surface area (Å²) in [4.78, 5) is 22.6. The second-order valence-electron chi connectivity index (χ2n) is 7.73. The molecule has 0 unspecified atom stereocenters. The third-order valence-corrected chi connectivity index (χ3v) is 5.65. The first-order valence-electron chi connectivity index (χ1n) is 10.7. The Bertz CT molecular complexity index is 1360. The zero-order valence-electron chi connectivity index (χ0n) is 19.2. The number of rotatable bonds is 10. The van der Waals surface area contributed by atoms with Gasteiger partial charge in [0.25, 0.3) is 0 Å². The van der Waals surface area contributed by atoms with Gasteiger partial charge in [0.2, 0.25) is 17.7 Å². The number of fused-ring (bicyclic) bond motifs is 1. The monoisotopic (exact) mass is 493 g/mol. The van der Waals surface area contributed by atoms with Crippen LogP contribution in [0.25, 0.3) is 10.2 Å². The number of aromatic nitrogens is 2. The highest BCUT2D eigenvalue weighted by Crippen LogP contribution is 2.34. The van der Waals surface area contributed by atoms with E-state index in [1.807, 2.05) is 30.4 Å². The predicted octanol–water partition coefficient (Wildman–Crippen LogP) is 5.43. The first-order valence-corrected chi connectivity index (χ1v) is 11.6. The van der Waals surface area contributed by atoms with Crippen LogP contribution in [0.4, 0.5) is 21.7 Å². The van der Waals surface area contributed by atoms with Crippen LogP contribution in [0.15, 0.2) is 66.6 Å². The van der Waals surface area contributed by atoms with Gasteiger partial charge in [0, 0.05) is 30.1 Å². The average molecular weight is 494 g/mol. The maximum absolute atomic E-state index is 14.5. The van der Waals surface area contributed by atoms with Crippen LogP contribution in [-0.4, -0.2) is 48.0 Å². The van der Waals surface area contributed by atoms with Crippen molar-refractivity contribution in [2.24, 2.45) is 0 Å². The van der Waals surface area contributed by atoms with Crippen LogP contribution in [0.2, 0.25) is 0 Å². The van der Waals surface area contributed by atoms with Crippen LogP contribution in [-0.2, 0) is 4.79 Å². The summed E-state index contributed by atoms with van der Waals surface area (Å²) in [6.45, 7) is 4.51. The fraction of sp³-hybridized carbons (Fsp3) is 0.160. The molecule has 4 aromatic rings. The minimum Gasteiger partial charge on any atom is -0.489 e. The third-order valence-electron chi connectivity index (χ3n) is 4.76. The van der Waals surface area contributed by atoms with Gasteiger partial charge in [-0.15, -0.1) is 11.3 Å². The molecular formula is C25H24FN5O3S. The Morgan fingerprint density at radius 2 is 2.03 bits per heavy atom. The van der Waals surface area contributed by atoms with Crippen molar-refractivity contribution in [1.29, 1.82) is 0 Å². The van der Waals surface area contributed by atoms with Crippen LogP contribution < -0.4 is 20.1 Å². The summed E-state index contributed by atoms with van der Waals surface area (Å²) in [5.74, 6) is 0.444. The molecule has 2 N–H and O–H groups in total. The third kappa shape index (κ3) is 6.31. The maximum Gasteiger partial charge on any atom is 0.247 e. The standard InChI is InChI=1S/C25H24FN5O3S/c1-4-22(32)27-16-6-5-7-18(14-16)34-24-23-20(10-13-35-23)29-25(30-24)28-17-8-9-21(19(26)15-17)33-12-11-31(2)3/h4-10,13-15H,1,11-12H2,2-3H3,(H,27,32)(H,28,29,30). The molecule has 0 saturated carbocycles. The quantitative estimate of drug-likeness (QED) is 0.285. The maximum atomic E-state index is 14.5. The Kier molecular flexibility index (Phi) is 7.54. The summed E-state index contributed by atoms with van der Waals surface area (Å²) in [6.07, 6.45) is 1.19. The molecule has 8 nitrogen and oxygen atoms in total. The summed E-state index contributed by atoms with van der Waals surface area (Å²) in [6, 6.07) is 13.4. The largest absolute Gasteiger partial charge is 0.489 e. The molecule has 0 spiro atoms. The second-order valence-corrected chi connectivity index (χ2v) is 8.65. The lowest BCUT2D eigenvalue weighted by atomic mass is 10.3. The molecule has 0 aliphatic carbocycles. The van der Waals surface area contributed by atoms with E-state index in [0.29, 0.717) is 41.7 Å². The number of likely N-dealkylation sites (N-methyl/N-ethyl adjacent to an activating group) is 1. The van der Waals surface area contributed by atoms with E-state index in [1.165, 1.54) is 23.5 Å². The Morgan fingerprint density at radius 3 is 2.80 bits per heavy atom. The first kappa shape index (κ1) is 24.1. The lowest BCUT2D eigenvalue weighted by Gasteiger charge is -2.13. The van der Waals surface area contributed by atoms with Gasteiger partial charge in [0.15, 0.2) is 11.6 Å². The van der Waals surface area contributed by atoms with Gasteiger partial charge < -0.3 is 25.0 Å². The van der Waals surface area contributed by atoms with Crippen molar-refractivity contribution in [3.63, 3.8) is 0 Å². The van der Waals surface area contributed by atoms with Crippen molar-refractivity contribution in [3.8, 4) is 17.4 Å². The number of hydrogen-bond donors (Lipinski definition) is 2. The first-order chi connectivity index (χ1) is 16.9. The molecule has 10 heteroatoms. The molecule has 0 radical (unpaired) electrons. The summed E-state index contributed by atoms with van der Waals surface area (Å²) < 4.78 is 26.8. The van der Waals surface area contributed by atoms with Gasteiger partial charge in [-0.05, 0) is 55.9 Å². The second kappa shape index (κ2) is 10.9. The van der Waals surface area contributed by atoms with Gasteiger partial charge in [0.05, 0.1) is 5.52 Å².